The summed E-state index contributed by atoms with van der Waals surface area (Å²) < 4.78 is 5.87. The SMILES string of the molecule is CCNC(Cc1ccncc1)C1CSCCO1. The van der Waals surface area contributed by atoms with Crippen LogP contribution in [0.25, 0.3) is 0 Å². The summed E-state index contributed by atoms with van der Waals surface area (Å²) >= 11 is 1.99. The number of hydrogen-bond donors (Lipinski definition) is 1. The largest absolute Gasteiger partial charge is 0.375 e. The van der Waals surface area contributed by atoms with Crippen molar-refractivity contribution in [3.8, 4) is 0 Å². The number of aromatic nitrogens is 1. The molecule has 2 unspecified atom stereocenters. The summed E-state index contributed by atoms with van der Waals surface area (Å²) in [5.41, 5.74) is 1.32. The molecule has 0 saturated carbocycles. The van der Waals surface area contributed by atoms with E-state index in [0.717, 1.165) is 31.1 Å². The van der Waals surface area contributed by atoms with Crippen LogP contribution in [0.4, 0.5) is 0 Å². The number of ether oxygens (including phenoxy) is 1. The average molecular weight is 252 g/mol. The molecule has 1 fully saturated rings. The summed E-state index contributed by atoms with van der Waals surface area (Å²) in [6.07, 6.45) is 5.06. The molecule has 1 N–H and O–H groups in total. The maximum atomic E-state index is 5.87. The molecule has 1 aromatic rings. The number of nitrogens with zero attached hydrogens (tertiary/aromatic N) is 1. The lowest BCUT2D eigenvalue weighted by molar-refractivity contribution is 0.0476. The highest BCUT2D eigenvalue weighted by Crippen LogP contribution is 2.17. The Morgan fingerprint density at radius 3 is 3.00 bits per heavy atom. The molecule has 94 valence electrons. The molecule has 0 radical (unpaired) electrons. The lowest BCUT2D eigenvalue weighted by atomic mass is 10.0. The van der Waals surface area contributed by atoms with E-state index in [1.54, 1.807) is 0 Å². The molecule has 0 aromatic carbocycles. The first kappa shape index (κ1) is 12.9. The topological polar surface area (TPSA) is 34.2 Å². The number of rotatable bonds is 5. The molecule has 1 aliphatic heterocycles. The van der Waals surface area contributed by atoms with Crippen molar-refractivity contribution in [1.29, 1.82) is 0 Å². The first-order chi connectivity index (χ1) is 8.40. The Bertz CT molecular complexity index is 314. The highest BCUT2D eigenvalue weighted by atomic mass is 32.2. The third-order valence-electron chi connectivity index (χ3n) is 2.96. The number of pyridine rings is 1. The Kier molecular flexibility index (Phi) is 5.29. The van der Waals surface area contributed by atoms with Gasteiger partial charge in [-0.1, -0.05) is 6.92 Å². The molecule has 0 amide bonds. The van der Waals surface area contributed by atoms with Crippen molar-refractivity contribution in [2.24, 2.45) is 0 Å². The Hall–Kier alpha value is -0.580. The van der Waals surface area contributed by atoms with Gasteiger partial charge in [0.2, 0.25) is 0 Å². The first-order valence-electron chi connectivity index (χ1n) is 6.21. The van der Waals surface area contributed by atoms with Gasteiger partial charge in [-0.05, 0) is 30.7 Å². The second-order valence-corrected chi connectivity index (χ2v) is 5.36. The minimum atomic E-state index is 0.335. The van der Waals surface area contributed by atoms with Gasteiger partial charge in [0.05, 0.1) is 12.7 Å². The van der Waals surface area contributed by atoms with Crippen molar-refractivity contribution in [3.63, 3.8) is 0 Å². The predicted molar refractivity (Wildman–Crippen MR) is 72.5 cm³/mol. The van der Waals surface area contributed by atoms with Crippen LogP contribution in [-0.2, 0) is 11.2 Å². The van der Waals surface area contributed by atoms with Crippen LogP contribution in [0.5, 0.6) is 0 Å². The third kappa shape index (κ3) is 3.98. The molecule has 2 heterocycles. The summed E-state index contributed by atoms with van der Waals surface area (Å²) in [5, 5.41) is 3.54. The van der Waals surface area contributed by atoms with Crippen LogP contribution in [0.3, 0.4) is 0 Å². The first-order valence-corrected chi connectivity index (χ1v) is 7.37. The Balaban J connectivity index is 1.96. The van der Waals surface area contributed by atoms with Crippen LogP contribution in [0, 0.1) is 0 Å². The van der Waals surface area contributed by atoms with Crippen molar-refractivity contribution in [1.82, 2.24) is 10.3 Å². The molecule has 1 aliphatic rings. The van der Waals surface area contributed by atoms with Crippen LogP contribution in [0.1, 0.15) is 12.5 Å². The van der Waals surface area contributed by atoms with Crippen molar-refractivity contribution >= 4 is 11.8 Å². The number of thioether (sulfide) groups is 1. The Morgan fingerprint density at radius 2 is 2.35 bits per heavy atom. The minimum Gasteiger partial charge on any atom is -0.375 e. The van der Waals surface area contributed by atoms with Gasteiger partial charge in [-0.15, -0.1) is 0 Å². The highest BCUT2D eigenvalue weighted by Gasteiger charge is 2.24. The van der Waals surface area contributed by atoms with Gasteiger partial charge in [0.1, 0.15) is 0 Å². The van der Waals surface area contributed by atoms with E-state index in [0.29, 0.717) is 12.1 Å². The van der Waals surface area contributed by atoms with Gasteiger partial charge in [0.15, 0.2) is 0 Å². The fourth-order valence-electron chi connectivity index (χ4n) is 2.11. The highest BCUT2D eigenvalue weighted by molar-refractivity contribution is 7.99. The molecule has 0 spiro atoms. The molecule has 2 rings (SSSR count). The molecular formula is C13H20N2OS. The van der Waals surface area contributed by atoms with Crippen molar-refractivity contribution in [3.05, 3.63) is 30.1 Å². The number of nitrogens with one attached hydrogen (secondary N) is 1. The van der Waals surface area contributed by atoms with E-state index in [4.69, 9.17) is 4.74 Å². The molecule has 1 saturated heterocycles. The van der Waals surface area contributed by atoms with Gasteiger partial charge in [-0.25, -0.2) is 0 Å². The summed E-state index contributed by atoms with van der Waals surface area (Å²) in [7, 11) is 0. The normalized spacial score (nSPS) is 22.3. The fraction of sp³-hybridized carbons (Fsp3) is 0.615. The van der Waals surface area contributed by atoms with Gasteiger partial charge >= 0.3 is 0 Å². The van der Waals surface area contributed by atoms with E-state index in [-0.39, 0.29) is 0 Å². The lowest BCUT2D eigenvalue weighted by Crippen LogP contribution is -2.46. The smallest absolute Gasteiger partial charge is 0.0821 e. The average Bonchev–Trinajstić information content (AvgIpc) is 2.40. The molecule has 0 bridgehead atoms. The summed E-state index contributed by atoms with van der Waals surface area (Å²) in [5.74, 6) is 2.23. The zero-order chi connectivity index (χ0) is 11.9. The second-order valence-electron chi connectivity index (χ2n) is 4.21. The van der Waals surface area contributed by atoms with Crippen molar-refractivity contribution in [2.45, 2.75) is 25.5 Å². The van der Waals surface area contributed by atoms with Gasteiger partial charge in [0, 0.05) is 29.9 Å². The maximum Gasteiger partial charge on any atom is 0.0821 e. The van der Waals surface area contributed by atoms with E-state index in [1.807, 2.05) is 24.2 Å². The number of hydrogen-bond acceptors (Lipinski definition) is 4. The standard InChI is InChI=1S/C13H20N2OS/c1-2-15-12(13-10-17-8-7-16-13)9-11-3-5-14-6-4-11/h3-6,12-13,15H,2,7-10H2,1H3. The summed E-state index contributed by atoms with van der Waals surface area (Å²) in [4.78, 5) is 4.06. The third-order valence-corrected chi connectivity index (χ3v) is 3.98. The van der Waals surface area contributed by atoms with E-state index >= 15 is 0 Å². The molecule has 4 heteroatoms. The second kappa shape index (κ2) is 6.99. The van der Waals surface area contributed by atoms with E-state index < -0.39 is 0 Å². The van der Waals surface area contributed by atoms with Crippen LogP contribution < -0.4 is 5.32 Å². The predicted octanol–water partition coefficient (Wildman–Crippen LogP) is 1.73. The summed E-state index contributed by atoms with van der Waals surface area (Å²) in [6.45, 7) is 4.02. The lowest BCUT2D eigenvalue weighted by Gasteiger charge is -2.30. The van der Waals surface area contributed by atoms with Crippen LogP contribution >= 0.6 is 11.8 Å². The van der Waals surface area contributed by atoms with Crippen LogP contribution in [0.15, 0.2) is 24.5 Å². The molecule has 3 nitrogen and oxygen atoms in total. The van der Waals surface area contributed by atoms with Crippen molar-refractivity contribution < 1.29 is 4.74 Å². The van der Waals surface area contributed by atoms with Gasteiger partial charge < -0.3 is 10.1 Å². The van der Waals surface area contributed by atoms with Crippen molar-refractivity contribution in [2.75, 3.05) is 24.7 Å². The Labute approximate surface area is 107 Å². The van der Waals surface area contributed by atoms with Gasteiger partial charge in [0.25, 0.3) is 0 Å². The molecular weight excluding hydrogens is 232 g/mol. The zero-order valence-electron chi connectivity index (χ0n) is 10.3. The van der Waals surface area contributed by atoms with Gasteiger partial charge in [-0.3, -0.25) is 4.98 Å². The van der Waals surface area contributed by atoms with Gasteiger partial charge in [-0.2, -0.15) is 11.8 Å². The van der Waals surface area contributed by atoms with E-state index in [1.165, 1.54) is 5.56 Å². The minimum absolute atomic E-state index is 0.335. The molecule has 17 heavy (non-hydrogen) atoms. The van der Waals surface area contributed by atoms with E-state index in [9.17, 15) is 0 Å². The van der Waals surface area contributed by atoms with E-state index in [2.05, 4.69) is 29.4 Å². The monoisotopic (exact) mass is 252 g/mol. The molecule has 0 aliphatic carbocycles. The molecule has 1 aromatic heterocycles. The molecule has 2 atom stereocenters. The quantitative estimate of drug-likeness (QED) is 0.865. The Morgan fingerprint density at radius 1 is 1.53 bits per heavy atom. The summed E-state index contributed by atoms with van der Waals surface area (Å²) in [6, 6.07) is 4.58. The fourth-order valence-corrected chi connectivity index (χ4v) is 3.05. The zero-order valence-corrected chi connectivity index (χ0v) is 11.1. The van der Waals surface area contributed by atoms with Crippen LogP contribution in [-0.4, -0.2) is 41.8 Å². The maximum absolute atomic E-state index is 5.87. The van der Waals surface area contributed by atoms with Crippen LogP contribution in [0.2, 0.25) is 0 Å². The number of likely N-dealkylation sites (N-methyl/N-ethyl adjacent to an activating group) is 1.